The fourth-order valence-corrected chi connectivity index (χ4v) is 3.50. The van der Waals surface area contributed by atoms with Crippen LogP contribution in [-0.4, -0.2) is 47.2 Å². The zero-order valence-electron chi connectivity index (χ0n) is 10.2. The van der Waals surface area contributed by atoms with E-state index in [1.807, 2.05) is 10.8 Å². The minimum Gasteiger partial charge on any atom is -0.333 e. The van der Waals surface area contributed by atoms with E-state index in [0.717, 1.165) is 5.82 Å². The first-order valence-corrected chi connectivity index (χ1v) is 7.97. The molecule has 1 fully saturated rings. The van der Waals surface area contributed by atoms with Gasteiger partial charge in [0.05, 0.1) is 12.3 Å². The summed E-state index contributed by atoms with van der Waals surface area (Å²) in [6, 6.07) is 0.556. The molecule has 7 heteroatoms. The molecule has 2 aliphatic rings. The number of hydrogen-bond acceptors (Lipinski definition) is 4. The van der Waals surface area contributed by atoms with Gasteiger partial charge in [-0.05, 0) is 12.8 Å². The van der Waals surface area contributed by atoms with Crippen LogP contribution in [0.25, 0.3) is 0 Å². The molecule has 100 valence electrons. The molecule has 0 aromatic carbocycles. The first kappa shape index (κ1) is 12.1. The molecule has 1 aromatic rings. The quantitative estimate of drug-likeness (QED) is 0.803. The molecule has 3 rings (SSSR count). The van der Waals surface area contributed by atoms with Gasteiger partial charge in [0.25, 0.3) is 0 Å². The second-order valence-electron chi connectivity index (χ2n) is 4.91. The van der Waals surface area contributed by atoms with Crippen LogP contribution in [0.1, 0.15) is 18.7 Å². The summed E-state index contributed by atoms with van der Waals surface area (Å²) in [7, 11) is -3.15. The molecule has 0 amide bonds. The molecule has 1 aliphatic heterocycles. The summed E-state index contributed by atoms with van der Waals surface area (Å²) in [4.78, 5) is 4.18. The highest BCUT2D eigenvalue weighted by molar-refractivity contribution is 7.89. The molecule has 0 spiro atoms. The van der Waals surface area contributed by atoms with Crippen molar-refractivity contribution in [1.29, 1.82) is 0 Å². The van der Waals surface area contributed by atoms with Crippen LogP contribution in [0.4, 0.5) is 0 Å². The van der Waals surface area contributed by atoms with Gasteiger partial charge in [-0.3, -0.25) is 0 Å². The Labute approximate surface area is 107 Å². The summed E-state index contributed by atoms with van der Waals surface area (Å²) in [5, 5.41) is 3.24. The first-order valence-electron chi connectivity index (χ1n) is 6.36. The maximum atomic E-state index is 12.2. The average molecular weight is 270 g/mol. The zero-order chi connectivity index (χ0) is 12.6. The Hall–Kier alpha value is -0.920. The molecule has 18 heavy (non-hydrogen) atoms. The Bertz CT molecular complexity index is 521. The molecule has 1 aromatic heterocycles. The lowest BCUT2D eigenvalue weighted by molar-refractivity contribution is 0.335. The second kappa shape index (κ2) is 4.64. The van der Waals surface area contributed by atoms with Crippen molar-refractivity contribution in [2.24, 2.45) is 0 Å². The standard InChI is InChI=1S/C11H18N4O2S/c16-18(17,8-4-12-10-1-2-10)15-7-6-14-5-3-13-11(14)9-15/h3,5,10,12H,1-2,4,6-9H2. The number of nitrogens with one attached hydrogen (secondary N) is 1. The van der Waals surface area contributed by atoms with Crippen LogP contribution < -0.4 is 5.32 Å². The largest absolute Gasteiger partial charge is 0.333 e. The Morgan fingerprint density at radius 2 is 2.22 bits per heavy atom. The SMILES string of the molecule is O=S(=O)(CCNC1CC1)N1CCn2ccnc2C1. The number of sulfonamides is 1. The number of rotatable bonds is 5. The molecule has 6 nitrogen and oxygen atoms in total. The van der Waals surface area contributed by atoms with Crippen molar-refractivity contribution >= 4 is 10.0 Å². The minimum absolute atomic E-state index is 0.185. The van der Waals surface area contributed by atoms with Crippen molar-refractivity contribution in [3.63, 3.8) is 0 Å². The topological polar surface area (TPSA) is 67.2 Å². The van der Waals surface area contributed by atoms with E-state index in [4.69, 9.17) is 0 Å². The van der Waals surface area contributed by atoms with Crippen LogP contribution in [0.15, 0.2) is 12.4 Å². The summed E-state index contributed by atoms with van der Waals surface area (Å²) in [5.74, 6) is 1.02. The van der Waals surface area contributed by atoms with Crippen molar-refractivity contribution in [2.75, 3.05) is 18.8 Å². The third kappa shape index (κ3) is 2.57. The normalized spacial score (nSPS) is 20.9. The van der Waals surface area contributed by atoms with Gasteiger partial charge < -0.3 is 9.88 Å². The molecule has 1 saturated carbocycles. The van der Waals surface area contributed by atoms with Crippen molar-refractivity contribution in [1.82, 2.24) is 19.2 Å². The lowest BCUT2D eigenvalue weighted by Gasteiger charge is -2.26. The van der Waals surface area contributed by atoms with Gasteiger partial charge in [-0.1, -0.05) is 0 Å². The van der Waals surface area contributed by atoms with Crippen molar-refractivity contribution < 1.29 is 8.42 Å². The maximum Gasteiger partial charge on any atom is 0.215 e. The van der Waals surface area contributed by atoms with Crippen molar-refractivity contribution in [3.8, 4) is 0 Å². The highest BCUT2D eigenvalue weighted by atomic mass is 32.2. The van der Waals surface area contributed by atoms with Crippen LogP contribution in [0.5, 0.6) is 0 Å². The van der Waals surface area contributed by atoms with Crippen molar-refractivity contribution in [3.05, 3.63) is 18.2 Å². The van der Waals surface area contributed by atoms with E-state index in [1.54, 1.807) is 10.5 Å². The molecule has 1 N–H and O–H groups in total. The third-order valence-electron chi connectivity index (χ3n) is 3.47. The Kier molecular flexibility index (Phi) is 3.13. The van der Waals surface area contributed by atoms with Gasteiger partial charge in [0.1, 0.15) is 5.82 Å². The molecule has 1 aliphatic carbocycles. The molecular formula is C11H18N4O2S. The Balaban J connectivity index is 1.59. The van der Waals surface area contributed by atoms with Crippen LogP contribution in [-0.2, 0) is 23.1 Å². The van der Waals surface area contributed by atoms with Gasteiger partial charge in [-0.25, -0.2) is 13.4 Å². The number of imidazole rings is 1. The number of hydrogen-bond donors (Lipinski definition) is 1. The second-order valence-corrected chi connectivity index (χ2v) is 7.00. The predicted molar refractivity (Wildman–Crippen MR) is 67.4 cm³/mol. The molecule has 0 atom stereocenters. The van der Waals surface area contributed by atoms with E-state index in [9.17, 15) is 8.42 Å². The van der Waals surface area contributed by atoms with E-state index < -0.39 is 10.0 Å². The molecule has 2 heterocycles. The van der Waals surface area contributed by atoms with Crippen LogP contribution in [0.2, 0.25) is 0 Å². The van der Waals surface area contributed by atoms with Gasteiger partial charge in [0, 0.05) is 38.1 Å². The van der Waals surface area contributed by atoms with E-state index in [-0.39, 0.29) is 5.75 Å². The lowest BCUT2D eigenvalue weighted by Crippen LogP contribution is -2.41. The third-order valence-corrected chi connectivity index (χ3v) is 5.29. The fourth-order valence-electron chi connectivity index (χ4n) is 2.20. The monoisotopic (exact) mass is 270 g/mol. The minimum atomic E-state index is -3.15. The molecular weight excluding hydrogens is 252 g/mol. The van der Waals surface area contributed by atoms with Gasteiger partial charge in [0.15, 0.2) is 0 Å². The molecule has 0 radical (unpaired) electrons. The molecule has 0 unspecified atom stereocenters. The van der Waals surface area contributed by atoms with E-state index in [1.165, 1.54) is 12.8 Å². The number of aromatic nitrogens is 2. The fraction of sp³-hybridized carbons (Fsp3) is 0.727. The Morgan fingerprint density at radius 3 is 3.00 bits per heavy atom. The van der Waals surface area contributed by atoms with E-state index in [0.29, 0.717) is 32.2 Å². The number of fused-ring (bicyclic) bond motifs is 1. The first-order chi connectivity index (χ1) is 8.65. The lowest BCUT2D eigenvalue weighted by atomic mass is 10.4. The van der Waals surface area contributed by atoms with Crippen LogP contribution in [0, 0.1) is 0 Å². The maximum absolute atomic E-state index is 12.2. The average Bonchev–Trinajstić information content (AvgIpc) is 3.04. The highest BCUT2D eigenvalue weighted by Gasteiger charge is 2.28. The molecule has 0 bridgehead atoms. The predicted octanol–water partition coefficient (Wildman–Crippen LogP) is -0.219. The summed E-state index contributed by atoms with van der Waals surface area (Å²) in [6.45, 7) is 2.20. The van der Waals surface area contributed by atoms with Gasteiger partial charge >= 0.3 is 0 Å². The van der Waals surface area contributed by atoms with E-state index in [2.05, 4.69) is 10.3 Å². The van der Waals surface area contributed by atoms with Crippen molar-refractivity contribution in [2.45, 2.75) is 32.0 Å². The smallest absolute Gasteiger partial charge is 0.215 e. The van der Waals surface area contributed by atoms with Crippen LogP contribution in [0.3, 0.4) is 0 Å². The summed E-state index contributed by atoms with van der Waals surface area (Å²) < 4.78 is 27.9. The summed E-state index contributed by atoms with van der Waals surface area (Å²) in [6.07, 6.45) is 5.98. The number of nitrogens with zero attached hydrogens (tertiary/aromatic N) is 3. The summed E-state index contributed by atoms with van der Waals surface area (Å²) in [5.41, 5.74) is 0. The zero-order valence-corrected chi connectivity index (χ0v) is 11.1. The van der Waals surface area contributed by atoms with Crippen LogP contribution >= 0.6 is 0 Å². The summed E-state index contributed by atoms with van der Waals surface area (Å²) >= 11 is 0. The van der Waals surface area contributed by atoms with E-state index >= 15 is 0 Å². The van der Waals surface area contributed by atoms with Gasteiger partial charge in [-0.2, -0.15) is 4.31 Å². The highest BCUT2D eigenvalue weighted by Crippen LogP contribution is 2.18. The molecule has 0 saturated heterocycles. The Morgan fingerprint density at radius 1 is 1.39 bits per heavy atom. The van der Waals surface area contributed by atoms with Gasteiger partial charge in [-0.15, -0.1) is 0 Å². The van der Waals surface area contributed by atoms with Gasteiger partial charge in [0.2, 0.25) is 10.0 Å².